The molecule has 2 aromatic carbocycles. The number of carbonyl (C=O) groups excluding carboxylic acids is 1. The minimum absolute atomic E-state index is 0.229. The number of halogens is 3. The number of rotatable bonds is 4. The van der Waals surface area contributed by atoms with Crippen LogP contribution in [0, 0.1) is 0 Å². The molecule has 7 heteroatoms. The largest absolute Gasteiger partial charge is 0.458 e. The first-order chi connectivity index (χ1) is 11.9. The van der Waals surface area contributed by atoms with Crippen LogP contribution in [-0.4, -0.2) is 11.0 Å². The van der Waals surface area contributed by atoms with Crippen LogP contribution in [0.3, 0.4) is 0 Å². The molecule has 0 atom stereocenters. The van der Waals surface area contributed by atoms with Gasteiger partial charge in [-0.15, -0.1) is 11.3 Å². The van der Waals surface area contributed by atoms with Crippen LogP contribution in [0.5, 0.6) is 0 Å². The normalized spacial score (nSPS) is 12.0. The van der Waals surface area contributed by atoms with Gasteiger partial charge in [0.25, 0.3) is 0 Å². The maximum atomic E-state index is 12.6. The van der Waals surface area contributed by atoms with Crippen molar-refractivity contribution in [2.24, 2.45) is 0 Å². The molecule has 0 aliphatic carbocycles. The van der Waals surface area contributed by atoms with Crippen LogP contribution in [0.25, 0.3) is 16.3 Å². The smallest absolute Gasteiger partial charge is 0.416 e. The Hall–Kier alpha value is -2.67. The van der Waals surface area contributed by atoms with Crippen molar-refractivity contribution in [3.8, 4) is 0 Å². The minimum atomic E-state index is -4.42. The van der Waals surface area contributed by atoms with Crippen LogP contribution in [0.15, 0.2) is 54.6 Å². The second-order valence-corrected chi connectivity index (χ2v) is 6.22. The third-order valence-electron chi connectivity index (χ3n) is 3.31. The van der Waals surface area contributed by atoms with E-state index in [0.29, 0.717) is 5.01 Å². The van der Waals surface area contributed by atoms with Crippen molar-refractivity contribution in [1.82, 2.24) is 4.98 Å². The van der Waals surface area contributed by atoms with Gasteiger partial charge in [0.05, 0.1) is 15.8 Å². The standard InChI is InChI=1S/C18H12F3NO2S/c19-18(20,21)13-5-3-4-12(10-13)11-24-17(23)9-8-16-22-14-6-1-2-7-15(14)25-16/h1-10H,11H2/b9-8+. The summed E-state index contributed by atoms with van der Waals surface area (Å²) >= 11 is 1.43. The molecule has 0 unspecified atom stereocenters. The molecule has 0 aliphatic heterocycles. The first-order valence-electron chi connectivity index (χ1n) is 7.28. The fourth-order valence-corrected chi connectivity index (χ4v) is 3.01. The predicted molar refractivity (Wildman–Crippen MR) is 89.9 cm³/mol. The van der Waals surface area contributed by atoms with Gasteiger partial charge < -0.3 is 4.74 Å². The Kier molecular flexibility index (Phi) is 4.85. The van der Waals surface area contributed by atoms with Crippen LogP contribution >= 0.6 is 11.3 Å². The monoisotopic (exact) mass is 363 g/mol. The number of para-hydroxylation sites is 1. The Morgan fingerprint density at radius 3 is 2.72 bits per heavy atom. The molecule has 128 valence electrons. The average Bonchev–Trinajstić information content (AvgIpc) is 3.00. The number of fused-ring (bicyclic) bond motifs is 1. The van der Waals surface area contributed by atoms with Crippen LogP contribution in [0.2, 0.25) is 0 Å². The Balaban J connectivity index is 1.61. The van der Waals surface area contributed by atoms with Crippen molar-refractivity contribution < 1.29 is 22.7 Å². The van der Waals surface area contributed by atoms with E-state index in [4.69, 9.17) is 4.74 Å². The fraction of sp³-hybridized carbons (Fsp3) is 0.111. The summed E-state index contributed by atoms with van der Waals surface area (Å²) in [5.74, 6) is -0.642. The molecule has 0 aliphatic rings. The molecule has 0 bridgehead atoms. The topological polar surface area (TPSA) is 39.2 Å². The molecule has 0 fully saturated rings. The second kappa shape index (κ2) is 7.06. The lowest BCUT2D eigenvalue weighted by molar-refractivity contribution is -0.138. The number of thiazole rings is 1. The van der Waals surface area contributed by atoms with Gasteiger partial charge in [-0.1, -0.05) is 24.3 Å². The minimum Gasteiger partial charge on any atom is -0.458 e. The lowest BCUT2D eigenvalue weighted by Gasteiger charge is -2.08. The van der Waals surface area contributed by atoms with Crippen molar-refractivity contribution in [2.45, 2.75) is 12.8 Å². The number of aromatic nitrogens is 1. The lowest BCUT2D eigenvalue weighted by atomic mass is 10.1. The van der Waals surface area contributed by atoms with E-state index in [1.807, 2.05) is 24.3 Å². The Labute approximate surface area is 145 Å². The van der Waals surface area contributed by atoms with Gasteiger partial charge in [-0.05, 0) is 35.9 Å². The van der Waals surface area contributed by atoms with Crippen LogP contribution in [0.4, 0.5) is 13.2 Å². The molecule has 25 heavy (non-hydrogen) atoms. The third-order valence-corrected chi connectivity index (χ3v) is 4.31. The first kappa shape index (κ1) is 17.2. The van der Waals surface area contributed by atoms with Gasteiger partial charge >= 0.3 is 12.1 Å². The van der Waals surface area contributed by atoms with Gasteiger partial charge in [0.15, 0.2) is 0 Å². The number of benzene rings is 2. The van der Waals surface area contributed by atoms with Gasteiger partial charge in [0.1, 0.15) is 11.6 Å². The molecule has 0 spiro atoms. The lowest BCUT2D eigenvalue weighted by Crippen LogP contribution is -2.06. The van der Waals surface area contributed by atoms with Gasteiger partial charge in [-0.25, -0.2) is 9.78 Å². The Morgan fingerprint density at radius 1 is 1.16 bits per heavy atom. The summed E-state index contributed by atoms with van der Waals surface area (Å²) in [7, 11) is 0. The van der Waals surface area contributed by atoms with Gasteiger partial charge in [-0.3, -0.25) is 0 Å². The van der Waals surface area contributed by atoms with Gasteiger partial charge in [0, 0.05) is 6.08 Å². The molecule has 1 aromatic heterocycles. The quantitative estimate of drug-likeness (QED) is 0.480. The molecule has 0 radical (unpaired) electrons. The first-order valence-corrected chi connectivity index (χ1v) is 8.10. The molecule has 0 amide bonds. The van der Waals surface area contributed by atoms with E-state index in [9.17, 15) is 18.0 Å². The Morgan fingerprint density at radius 2 is 1.96 bits per heavy atom. The highest BCUT2D eigenvalue weighted by atomic mass is 32.1. The molecular weight excluding hydrogens is 351 g/mol. The van der Waals surface area contributed by atoms with Crippen molar-refractivity contribution in [3.05, 3.63) is 70.7 Å². The van der Waals surface area contributed by atoms with Crippen molar-refractivity contribution in [3.63, 3.8) is 0 Å². The van der Waals surface area contributed by atoms with E-state index in [1.54, 1.807) is 0 Å². The zero-order valence-corrected chi connectivity index (χ0v) is 13.6. The zero-order chi connectivity index (χ0) is 17.9. The number of ether oxygens (including phenoxy) is 1. The highest BCUT2D eigenvalue weighted by Gasteiger charge is 2.30. The van der Waals surface area contributed by atoms with E-state index in [-0.39, 0.29) is 12.2 Å². The molecule has 3 nitrogen and oxygen atoms in total. The summed E-state index contributed by atoms with van der Waals surface area (Å²) in [5.41, 5.74) is 0.340. The predicted octanol–water partition coefficient (Wildman–Crippen LogP) is 5.07. The SMILES string of the molecule is O=C(/C=C/c1nc2ccccc2s1)OCc1cccc(C(F)(F)F)c1. The second-order valence-electron chi connectivity index (χ2n) is 5.16. The summed E-state index contributed by atoms with van der Waals surface area (Å²) in [6.07, 6.45) is -1.68. The number of esters is 1. The molecule has 3 aromatic rings. The number of hydrogen-bond acceptors (Lipinski definition) is 4. The van der Waals surface area contributed by atoms with Gasteiger partial charge in [-0.2, -0.15) is 13.2 Å². The highest BCUT2D eigenvalue weighted by molar-refractivity contribution is 7.19. The summed E-state index contributed by atoms with van der Waals surface area (Å²) in [5, 5.41) is 0.650. The molecule has 0 saturated heterocycles. The van der Waals surface area contributed by atoms with E-state index in [2.05, 4.69) is 4.98 Å². The maximum Gasteiger partial charge on any atom is 0.416 e. The maximum absolute atomic E-state index is 12.6. The van der Waals surface area contributed by atoms with E-state index < -0.39 is 17.7 Å². The van der Waals surface area contributed by atoms with E-state index in [0.717, 1.165) is 22.3 Å². The molecule has 0 saturated carbocycles. The number of hydrogen-bond donors (Lipinski definition) is 0. The van der Waals surface area contributed by atoms with Gasteiger partial charge in [0.2, 0.25) is 0 Å². The third kappa shape index (κ3) is 4.45. The van der Waals surface area contributed by atoms with E-state index >= 15 is 0 Å². The summed E-state index contributed by atoms with van der Waals surface area (Å²) in [4.78, 5) is 16.1. The number of nitrogens with zero attached hydrogens (tertiary/aromatic N) is 1. The summed E-state index contributed by atoms with van der Waals surface area (Å²) in [6, 6.07) is 12.3. The average molecular weight is 363 g/mol. The van der Waals surface area contributed by atoms with Crippen LogP contribution in [-0.2, 0) is 22.3 Å². The summed E-state index contributed by atoms with van der Waals surface area (Å²) in [6.45, 7) is -0.229. The number of carbonyl (C=O) groups is 1. The summed E-state index contributed by atoms with van der Waals surface area (Å²) < 4.78 is 43.9. The molecule has 0 N–H and O–H groups in total. The van der Waals surface area contributed by atoms with Crippen molar-refractivity contribution in [1.29, 1.82) is 0 Å². The van der Waals surface area contributed by atoms with E-state index in [1.165, 1.54) is 35.6 Å². The van der Waals surface area contributed by atoms with Crippen molar-refractivity contribution >= 4 is 33.6 Å². The van der Waals surface area contributed by atoms with Crippen LogP contribution in [0.1, 0.15) is 16.1 Å². The van der Waals surface area contributed by atoms with Crippen molar-refractivity contribution in [2.75, 3.05) is 0 Å². The molecule has 3 rings (SSSR count). The Bertz CT molecular complexity index is 898. The highest BCUT2D eigenvalue weighted by Crippen LogP contribution is 2.29. The number of alkyl halides is 3. The molecule has 1 heterocycles. The zero-order valence-electron chi connectivity index (χ0n) is 12.8. The van der Waals surface area contributed by atoms with Crippen LogP contribution < -0.4 is 0 Å². The molecular formula is C18H12F3NO2S. The fourth-order valence-electron chi connectivity index (χ4n) is 2.14.